The Morgan fingerprint density at radius 2 is 2.00 bits per heavy atom. The molecule has 2 aromatic rings. The van der Waals surface area contributed by atoms with Gasteiger partial charge in [0.1, 0.15) is 5.82 Å². The number of rotatable bonds is 3. The molecule has 0 aliphatic heterocycles. The lowest BCUT2D eigenvalue weighted by Gasteiger charge is -2.11. The second-order valence-corrected chi connectivity index (χ2v) is 4.99. The molecule has 0 saturated carbocycles. The van der Waals surface area contributed by atoms with Gasteiger partial charge in [0.25, 0.3) is 0 Å². The molecule has 0 fully saturated rings. The maximum Gasteiger partial charge on any atom is 0.143 e. The smallest absolute Gasteiger partial charge is 0.143 e. The van der Waals surface area contributed by atoms with Crippen molar-refractivity contribution in [3.8, 4) is 11.3 Å². The van der Waals surface area contributed by atoms with Crippen molar-refractivity contribution in [3.63, 3.8) is 0 Å². The zero-order valence-electron chi connectivity index (χ0n) is 10.9. The lowest BCUT2D eigenvalue weighted by molar-refractivity contribution is 0.866. The van der Waals surface area contributed by atoms with Gasteiger partial charge in [0, 0.05) is 11.8 Å². The van der Waals surface area contributed by atoms with Gasteiger partial charge in [-0.2, -0.15) is 0 Å². The lowest BCUT2D eigenvalue weighted by atomic mass is 9.96. The molecule has 18 heavy (non-hydrogen) atoms. The fourth-order valence-electron chi connectivity index (χ4n) is 1.89. The van der Waals surface area contributed by atoms with E-state index in [1.54, 1.807) is 6.20 Å². The first-order valence-corrected chi connectivity index (χ1v) is 6.64. The fraction of sp³-hybridized carbons (Fsp3) is 0.333. The SMILES string of the molecule is Cc1ccc(C(C)C)cc1-c1ccnc(CCl)n1. The van der Waals surface area contributed by atoms with E-state index in [4.69, 9.17) is 11.6 Å². The van der Waals surface area contributed by atoms with Crippen molar-refractivity contribution in [1.29, 1.82) is 0 Å². The first kappa shape index (κ1) is 13.0. The van der Waals surface area contributed by atoms with Crippen LogP contribution in [0.2, 0.25) is 0 Å². The van der Waals surface area contributed by atoms with Gasteiger partial charge in [-0.25, -0.2) is 9.97 Å². The Labute approximate surface area is 113 Å². The van der Waals surface area contributed by atoms with Gasteiger partial charge in [-0.1, -0.05) is 26.0 Å². The highest BCUT2D eigenvalue weighted by molar-refractivity contribution is 6.16. The largest absolute Gasteiger partial charge is 0.240 e. The van der Waals surface area contributed by atoms with Crippen LogP contribution in [-0.4, -0.2) is 9.97 Å². The van der Waals surface area contributed by atoms with Crippen molar-refractivity contribution < 1.29 is 0 Å². The predicted molar refractivity (Wildman–Crippen MR) is 75.9 cm³/mol. The molecule has 3 heteroatoms. The molecule has 0 aliphatic carbocycles. The first-order chi connectivity index (χ1) is 8.61. The quantitative estimate of drug-likeness (QED) is 0.769. The third-order valence-electron chi connectivity index (χ3n) is 3.03. The van der Waals surface area contributed by atoms with Crippen molar-refractivity contribution >= 4 is 11.6 Å². The molecule has 1 aromatic heterocycles. The van der Waals surface area contributed by atoms with Gasteiger partial charge in [0.2, 0.25) is 0 Å². The Kier molecular flexibility index (Phi) is 3.97. The number of aromatic nitrogens is 2. The molecule has 0 N–H and O–H groups in total. The van der Waals surface area contributed by atoms with Crippen molar-refractivity contribution in [1.82, 2.24) is 9.97 Å². The molecular formula is C15H17ClN2. The number of nitrogens with zero attached hydrogens (tertiary/aromatic N) is 2. The minimum atomic E-state index is 0.344. The molecule has 94 valence electrons. The number of benzene rings is 1. The van der Waals surface area contributed by atoms with Crippen molar-refractivity contribution in [2.75, 3.05) is 0 Å². The van der Waals surface area contributed by atoms with Gasteiger partial charge < -0.3 is 0 Å². The molecule has 0 amide bonds. The van der Waals surface area contributed by atoms with Crippen LogP contribution in [0.1, 0.15) is 36.7 Å². The average molecular weight is 261 g/mol. The number of aryl methyl sites for hydroxylation is 1. The Bertz CT molecular complexity index is 550. The topological polar surface area (TPSA) is 25.8 Å². The van der Waals surface area contributed by atoms with Crippen LogP contribution in [0, 0.1) is 6.92 Å². The van der Waals surface area contributed by atoms with Crippen LogP contribution >= 0.6 is 11.6 Å². The highest BCUT2D eigenvalue weighted by Crippen LogP contribution is 2.26. The molecule has 1 heterocycles. The van der Waals surface area contributed by atoms with E-state index in [9.17, 15) is 0 Å². The summed E-state index contributed by atoms with van der Waals surface area (Å²) in [5.41, 5.74) is 4.65. The Morgan fingerprint density at radius 1 is 1.22 bits per heavy atom. The van der Waals surface area contributed by atoms with E-state index in [0.717, 1.165) is 11.3 Å². The van der Waals surface area contributed by atoms with Gasteiger partial charge in [-0.3, -0.25) is 0 Å². The van der Waals surface area contributed by atoms with Gasteiger partial charge in [0.15, 0.2) is 0 Å². The minimum absolute atomic E-state index is 0.344. The van der Waals surface area contributed by atoms with E-state index < -0.39 is 0 Å². The second-order valence-electron chi connectivity index (χ2n) is 4.72. The summed E-state index contributed by atoms with van der Waals surface area (Å²) in [5.74, 6) is 1.53. The minimum Gasteiger partial charge on any atom is -0.240 e. The molecule has 0 unspecified atom stereocenters. The summed E-state index contributed by atoms with van der Waals surface area (Å²) in [7, 11) is 0. The van der Waals surface area contributed by atoms with Crippen LogP contribution in [0.15, 0.2) is 30.5 Å². The number of halogens is 1. The van der Waals surface area contributed by atoms with Crippen LogP contribution in [-0.2, 0) is 5.88 Å². The Hall–Kier alpha value is -1.41. The maximum absolute atomic E-state index is 5.78. The predicted octanol–water partition coefficient (Wildman–Crippen LogP) is 4.31. The Balaban J connectivity index is 2.51. The third kappa shape index (κ3) is 2.70. The number of hydrogen-bond acceptors (Lipinski definition) is 2. The Morgan fingerprint density at radius 3 is 2.67 bits per heavy atom. The zero-order valence-corrected chi connectivity index (χ0v) is 11.7. The summed E-state index contributed by atoms with van der Waals surface area (Å²) in [6, 6.07) is 8.46. The van der Waals surface area contributed by atoms with Crippen molar-refractivity contribution in [2.24, 2.45) is 0 Å². The highest BCUT2D eigenvalue weighted by atomic mass is 35.5. The van der Waals surface area contributed by atoms with E-state index in [0.29, 0.717) is 17.6 Å². The van der Waals surface area contributed by atoms with Gasteiger partial charge in [0.05, 0.1) is 11.6 Å². The van der Waals surface area contributed by atoms with E-state index in [1.165, 1.54) is 11.1 Å². The lowest BCUT2D eigenvalue weighted by Crippen LogP contribution is -1.96. The van der Waals surface area contributed by atoms with Crippen LogP contribution in [0.4, 0.5) is 0 Å². The summed E-state index contributed by atoms with van der Waals surface area (Å²) in [5, 5.41) is 0. The number of alkyl halides is 1. The molecule has 2 rings (SSSR count). The van der Waals surface area contributed by atoms with Gasteiger partial charge in [-0.15, -0.1) is 11.6 Å². The monoisotopic (exact) mass is 260 g/mol. The normalized spacial score (nSPS) is 10.9. The molecule has 0 aliphatic rings. The number of hydrogen-bond donors (Lipinski definition) is 0. The molecule has 0 saturated heterocycles. The zero-order chi connectivity index (χ0) is 13.1. The summed E-state index contributed by atoms with van der Waals surface area (Å²) < 4.78 is 0. The standard InChI is InChI=1S/C15H17ClN2/c1-10(2)12-5-4-11(3)13(8-12)14-6-7-17-15(9-16)18-14/h4-8,10H,9H2,1-3H3. The molecule has 0 spiro atoms. The summed E-state index contributed by atoms with van der Waals surface area (Å²) in [6.07, 6.45) is 1.77. The molecule has 0 radical (unpaired) electrons. The molecule has 1 aromatic carbocycles. The summed E-state index contributed by atoms with van der Waals surface area (Å²) in [6.45, 7) is 6.49. The maximum atomic E-state index is 5.78. The summed E-state index contributed by atoms with van der Waals surface area (Å²) >= 11 is 5.78. The van der Waals surface area contributed by atoms with Crippen LogP contribution in [0.3, 0.4) is 0 Å². The first-order valence-electron chi connectivity index (χ1n) is 6.10. The highest BCUT2D eigenvalue weighted by Gasteiger charge is 2.08. The summed E-state index contributed by atoms with van der Waals surface area (Å²) in [4.78, 5) is 8.61. The van der Waals surface area contributed by atoms with E-state index in [1.807, 2.05) is 6.07 Å². The van der Waals surface area contributed by atoms with Crippen molar-refractivity contribution in [2.45, 2.75) is 32.6 Å². The molecule has 2 nitrogen and oxygen atoms in total. The van der Waals surface area contributed by atoms with E-state index in [-0.39, 0.29) is 0 Å². The molecule has 0 atom stereocenters. The van der Waals surface area contributed by atoms with Crippen molar-refractivity contribution in [3.05, 3.63) is 47.4 Å². The van der Waals surface area contributed by atoms with Crippen LogP contribution < -0.4 is 0 Å². The molecule has 0 bridgehead atoms. The molecular weight excluding hydrogens is 244 g/mol. The third-order valence-corrected chi connectivity index (χ3v) is 3.27. The average Bonchev–Trinajstić information content (AvgIpc) is 2.39. The van der Waals surface area contributed by atoms with Crippen LogP contribution in [0.5, 0.6) is 0 Å². The van der Waals surface area contributed by atoms with Crippen LogP contribution in [0.25, 0.3) is 11.3 Å². The van der Waals surface area contributed by atoms with E-state index in [2.05, 4.69) is 48.9 Å². The van der Waals surface area contributed by atoms with E-state index >= 15 is 0 Å². The fourth-order valence-corrected chi connectivity index (χ4v) is 2.02. The second kappa shape index (κ2) is 5.49. The van der Waals surface area contributed by atoms with Gasteiger partial charge >= 0.3 is 0 Å². The van der Waals surface area contributed by atoms with Gasteiger partial charge in [-0.05, 0) is 36.1 Å².